The fraction of sp³-hybridized carbons (Fsp3) is 0. The van der Waals surface area contributed by atoms with Gasteiger partial charge in [0.15, 0.2) is 0 Å². The van der Waals surface area contributed by atoms with E-state index in [1.165, 1.54) is 18.2 Å². The molecular formula is C16H10F2. The zero-order chi connectivity index (χ0) is 12.5. The van der Waals surface area contributed by atoms with E-state index in [1.54, 1.807) is 24.3 Å². The van der Waals surface area contributed by atoms with Crippen LogP contribution in [-0.4, -0.2) is 0 Å². The highest BCUT2D eigenvalue weighted by atomic mass is 19.1. The van der Waals surface area contributed by atoms with Gasteiger partial charge in [0.1, 0.15) is 11.6 Å². The van der Waals surface area contributed by atoms with E-state index in [9.17, 15) is 8.78 Å². The molecule has 3 rings (SSSR count). The van der Waals surface area contributed by atoms with Crippen molar-refractivity contribution in [2.75, 3.05) is 0 Å². The van der Waals surface area contributed by atoms with Crippen LogP contribution in [0.3, 0.4) is 0 Å². The maximum atomic E-state index is 13.7. The summed E-state index contributed by atoms with van der Waals surface area (Å²) in [5.74, 6) is -0.549. The zero-order valence-electron chi connectivity index (χ0n) is 9.53. The first-order valence-corrected chi connectivity index (χ1v) is 5.69. The summed E-state index contributed by atoms with van der Waals surface area (Å²) < 4.78 is 26.9. The molecule has 3 aromatic carbocycles. The molecule has 0 saturated heterocycles. The molecule has 88 valence electrons. The molecule has 0 aliphatic heterocycles. The summed E-state index contributed by atoms with van der Waals surface area (Å²) in [6.07, 6.45) is 0. The van der Waals surface area contributed by atoms with Crippen molar-refractivity contribution in [2.24, 2.45) is 0 Å². The van der Waals surface area contributed by atoms with E-state index in [4.69, 9.17) is 0 Å². The van der Waals surface area contributed by atoms with E-state index in [2.05, 4.69) is 0 Å². The Bertz CT molecular complexity index is 717. The molecule has 2 heteroatoms. The third-order valence-corrected chi connectivity index (χ3v) is 3.01. The van der Waals surface area contributed by atoms with Gasteiger partial charge < -0.3 is 0 Å². The molecule has 0 amide bonds. The molecule has 18 heavy (non-hydrogen) atoms. The number of hydrogen-bond donors (Lipinski definition) is 0. The molecule has 0 aliphatic carbocycles. The first-order chi connectivity index (χ1) is 8.75. The minimum Gasteiger partial charge on any atom is -0.207 e. The summed E-state index contributed by atoms with van der Waals surface area (Å²) >= 11 is 0. The van der Waals surface area contributed by atoms with Crippen LogP contribution in [0, 0.1) is 11.6 Å². The van der Waals surface area contributed by atoms with Crippen LogP contribution in [0.5, 0.6) is 0 Å². The Morgan fingerprint density at radius 3 is 2.22 bits per heavy atom. The number of fused-ring (bicyclic) bond motifs is 1. The Morgan fingerprint density at radius 1 is 0.667 bits per heavy atom. The molecule has 0 atom stereocenters. The fourth-order valence-corrected chi connectivity index (χ4v) is 2.17. The molecule has 0 heterocycles. The second-order valence-electron chi connectivity index (χ2n) is 4.15. The molecule has 0 nitrogen and oxygen atoms in total. The largest absolute Gasteiger partial charge is 0.207 e. The summed E-state index contributed by atoms with van der Waals surface area (Å²) in [6, 6.07) is 16.7. The van der Waals surface area contributed by atoms with E-state index in [0.29, 0.717) is 5.39 Å². The van der Waals surface area contributed by atoms with Gasteiger partial charge in [-0.25, -0.2) is 8.78 Å². The van der Waals surface area contributed by atoms with Crippen molar-refractivity contribution >= 4 is 10.8 Å². The lowest BCUT2D eigenvalue weighted by Crippen LogP contribution is -1.85. The zero-order valence-corrected chi connectivity index (χ0v) is 9.53. The quantitative estimate of drug-likeness (QED) is 0.574. The molecule has 0 aromatic heterocycles. The fourth-order valence-electron chi connectivity index (χ4n) is 2.17. The number of halogens is 2. The molecule has 0 N–H and O–H groups in total. The molecule has 0 fully saturated rings. The first kappa shape index (κ1) is 10.9. The van der Waals surface area contributed by atoms with Gasteiger partial charge in [0, 0.05) is 5.39 Å². The maximum Gasteiger partial charge on any atom is 0.131 e. The first-order valence-electron chi connectivity index (χ1n) is 5.69. The van der Waals surface area contributed by atoms with Crippen molar-refractivity contribution in [1.29, 1.82) is 0 Å². The molecular weight excluding hydrogens is 230 g/mol. The van der Waals surface area contributed by atoms with Crippen LogP contribution in [0.2, 0.25) is 0 Å². The van der Waals surface area contributed by atoms with Gasteiger partial charge in [-0.1, -0.05) is 42.5 Å². The second kappa shape index (κ2) is 4.22. The highest BCUT2D eigenvalue weighted by Crippen LogP contribution is 2.30. The van der Waals surface area contributed by atoms with Crippen LogP contribution in [-0.2, 0) is 0 Å². The van der Waals surface area contributed by atoms with Crippen LogP contribution in [0.25, 0.3) is 21.9 Å². The van der Waals surface area contributed by atoms with Gasteiger partial charge in [0.25, 0.3) is 0 Å². The maximum absolute atomic E-state index is 13.7. The summed E-state index contributed by atoms with van der Waals surface area (Å²) in [6.45, 7) is 0. The van der Waals surface area contributed by atoms with Gasteiger partial charge in [-0.2, -0.15) is 0 Å². The second-order valence-corrected chi connectivity index (χ2v) is 4.15. The van der Waals surface area contributed by atoms with Crippen molar-refractivity contribution in [3.8, 4) is 11.1 Å². The van der Waals surface area contributed by atoms with Gasteiger partial charge in [0.2, 0.25) is 0 Å². The Labute approximate surface area is 104 Å². The molecule has 0 saturated carbocycles. The molecule has 0 radical (unpaired) electrons. The van der Waals surface area contributed by atoms with E-state index in [0.717, 1.165) is 16.5 Å². The lowest BCUT2D eigenvalue weighted by Gasteiger charge is -2.07. The summed E-state index contributed by atoms with van der Waals surface area (Å²) in [7, 11) is 0. The average molecular weight is 240 g/mol. The van der Waals surface area contributed by atoms with E-state index in [1.807, 2.05) is 18.2 Å². The van der Waals surface area contributed by atoms with E-state index < -0.39 is 0 Å². The van der Waals surface area contributed by atoms with Crippen molar-refractivity contribution < 1.29 is 8.78 Å². The minimum absolute atomic E-state index is 0.259. The van der Waals surface area contributed by atoms with Crippen LogP contribution >= 0.6 is 0 Å². The Balaban J connectivity index is 2.33. The third-order valence-electron chi connectivity index (χ3n) is 3.01. The Hall–Kier alpha value is -2.22. The van der Waals surface area contributed by atoms with Crippen LogP contribution in [0.4, 0.5) is 8.78 Å². The summed E-state index contributed by atoms with van der Waals surface area (Å²) in [5, 5.41) is 1.35. The van der Waals surface area contributed by atoms with Gasteiger partial charge in [-0.3, -0.25) is 0 Å². The smallest absolute Gasteiger partial charge is 0.131 e. The molecule has 0 bridgehead atoms. The van der Waals surface area contributed by atoms with Crippen LogP contribution < -0.4 is 0 Å². The molecule has 0 unspecified atom stereocenters. The average Bonchev–Trinajstić information content (AvgIpc) is 2.39. The van der Waals surface area contributed by atoms with Crippen molar-refractivity contribution in [3.05, 3.63) is 72.3 Å². The van der Waals surface area contributed by atoms with E-state index >= 15 is 0 Å². The normalized spacial score (nSPS) is 10.8. The predicted molar refractivity (Wildman–Crippen MR) is 69.3 cm³/mol. The van der Waals surface area contributed by atoms with Crippen molar-refractivity contribution in [2.45, 2.75) is 0 Å². The molecule has 0 aliphatic rings. The third kappa shape index (κ3) is 1.76. The Morgan fingerprint density at radius 2 is 1.44 bits per heavy atom. The van der Waals surface area contributed by atoms with Crippen molar-refractivity contribution in [3.63, 3.8) is 0 Å². The SMILES string of the molecule is Fc1cccc(-c2ccc(F)c3ccccc23)c1. The number of hydrogen-bond acceptors (Lipinski definition) is 0. The summed E-state index contributed by atoms with van der Waals surface area (Å²) in [5.41, 5.74) is 1.60. The molecule has 0 spiro atoms. The minimum atomic E-state index is -0.291. The Kier molecular flexibility index (Phi) is 2.56. The van der Waals surface area contributed by atoms with Gasteiger partial charge in [-0.15, -0.1) is 0 Å². The van der Waals surface area contributed by atoms with Crippen molar-refractivity contribution in [1.82, 2.24) is 0 Å². The lowest BCUT2D eigenvalue weighted by molar-refractivity contribution is 0.628. The van der Waals surface area contributed by atoms with Crippen LogP contribution in [0.15, 0.2) is 60.7 Å². The van der Waals surface area contributed by atoms with Gasteiger partial charge in [-0.05, 0) is 34.7 Å². The van der Waals surface area contributed by atoms with E-state index in [-0.39, 0.29) is 11.6 Å². The highest BCUT2D eigenvalue weighted by molar-refractivity contribution is 5.96. The summed E-state index contributed by atoms with van der Waals surface area (Å²) in [4.78, 5) is 0. The van der Waals surface area contributed by atoms with Gasteiger partial charge in [0.05, 0.1) is 0 Å². The number of benzene rings is 3. The van der Waals surface area contributed by atoms with Gasteiger partial charge >= 0.3 is 0 Å². The predicted octanol–water partition coefficient (Wildman–Crippen LogP) is 4.79. The molecule has 3 aromatic rings. The van der Waals surface area contributed by atoms with Crippen LogP contribution in [0.1, 0.15) is 0 Å². The lowest BCUT2D eigenvalue weighted by atomic mass is 9.98. The topological polar surface area (TPSA) is 0 Å². The number of rotatable bonds is 1. The standard InChI is InChI=1S/C16H10F2/c17-12-5-3-4-11(10-12)13-8-9-16(18)15-7-2-1-6-14(13)15/h1-10H. The monoisotopic (exact) mass is 240 g/mol. The highest BCUT2D eigenvalue weighted by Gasteiger charge is 2.07.